The summed E-state index contributed by atoms with van der Waals surface area (Å²) in [4.78, 5) is 23.6. The standard InChI is InChI=1S/C22H30N6O2S/c1-3-30-21(29)28-13-22(14-28)6-4-17(12-22)26-8-10-27(11-9-26)19-18(16(2)5-7-23-19)20-25-24-15-31-20/h5,7,15,17H,3-4,6,8-14H2,1-2H3. The summed E-state index contributed by atoms with van der Waals surface area (Å²) in [5.74, 6) is 1.03. The van der Waals surface area contributed by atoms with Crippen LogP contribution in [0, 0.1) is 12.3 Å². The van der Waals surface area contributed by atoms with E-state index in [1.807, 2.05) is 24.1 Å². The van der Waals surface area contributed by atoms with E-state index in [1.54, 1.807) is 16.8 Å². The Hall–Kier alpha value is -2.26. The second kappa shape index (κ2) is 8.35. The van der Waals surface area contributed by atoms with E-state index in [2.05, 4.69) is 26.9 Å². The van der Waals surface area contributed by atoms with E-state index < -0.39 is 0 Å². The highest BCUT2D eigenvalue weighted by atomic mass is 32.1. The lowest BCUT2D eigenvalue weighted by Crippen LogP contribution is -2.58. The molecule has 31 heavy (non-hydrogen) atoms. The number of pyridine rings is 1. The van der Waals surface area contributed by atoms with E-state index in [4.69, 9.17) is 9.72 Å². The van der Waals surface area contributed by atoms with Gasteiger partial charge in [-0.3, -0.25) is 4.90 Å². The van der Waals surface area contributed by atoms with Crippen molar-refractivity contribution < 1.29 is 9.53 Å². The third-order valence-electron chi connectivity index (χ3n) is 7.10. The van der Waals surface area contributed by atoms with Crippen LogP contribution >= 0.6 is 11.3 Å². The Kier molecular flexibility index (Phi) is 5.56. The lowest BCUT2D eigenvalue weighted by molar-refractivity contribution is -0.00294. The molecular formula is C22H30N6O2S. The number of rotatable bonds is 4. The van der Waals surface area contributed by atoms with Crippen molar-refractivity contribution in [1.29, 1.82) is 0 Å². The van der Waals surface area contributed by atoms with Crippen LogP contribution in [0.5, 0.6) is 0 Å². The Morgan fingerprint density at radius 1 is 1.29 bits per heavy atom. The van der Waals surface area contributed by atoms with Crippen LogP contribution in [0.4, 0.5) is 10.6 Å². The zero-order chi connectivity index (χ0) is 21.4. The van der Waals surface area contributed by atoms with E-state index in [1.165, 1.54) is 24.8 Å². The molecule has 2 aromatic rings. The molecule has 1 saturated carbocycles. The number of hydrogen-bond donors (Lipinski definition) is 0. The number of piperazine rings is 1. The predicted molar refractivity (Wildman–Crippen MR) is 120 cm³/mol. The van der Waals surface area contributed by atoms with Crippen LogP contribution in [0.25, 0.3) is 10.6 Å². The number of nitrogens with zero attached hydrogens (tertiary/aromatic N) is 6. The van der Waals surface area contributed by atoms with Gasteiger partial charge < -0.3 is 14.5 Å². The minimum Gasteiger partial charge on any atom is -0.450 e. The van der Waals surface area contributed by atoms with Gasteiger partial charge in [-0.2, -0.15) is 0 Å². The van der Waals surface area contributed by atoms with Crippen LogP contribution < -0.4 is 4.90 Å². The van der Waals surface area contributed by atoms with Crippen molar-refractivity contribution in [3.05, 3.63) is 23.3 Å². The summed E-state index contributed by atoms with van der Waals surface area (Å²) >= 11 is 1.57. The van der Waals surface area contributed by atoms with Crippen LogP contribution in [-0.4, -0.2) is 83.0 Å². The molecule has 1 aliphatic carbocycles. The van der Waals surface area contributed by atoms with E-state index in [9.17, 15) is 4.79 Å². The molecule has 1 atom stereocenters. The number of anilines is 1. The van der Waals surface area contributed by atoms with Crippen LogP contribution in [0.3, 0.4) is 0 Å². The number of aromatic nitrogens is 3. The summed E-state index contributed by atoms with van der Waals surface area (Å²) in [5.41, 5.74) is 4.41. The van der Waals surface area contributed by atoms with Crippen LogP contribution in [0.1, 0.15) is 31.7 Å². The third-order valence-corrected chi connectivity index (χ3v) is 7.81. The topological polar surface area (TPSA) is 74.7 Å². The monoisotopic (exact) mass is 442 g/mol. The average molecular weight is 443 g/mol. The molecule has 4 heterocycles. The number of ether oxygens (including phenoxy) is 1. The molecule has 5 rings (SSSR count). The first kappa shape index (κ1) is 20.6. The van der Waals surface area contributed by atoms with Crippen LogP contribution in [0.2, 0.25) is 0 Å². The molecule has 2 saturated heterocycles. The van der Waals surface area contributed by atoms with Crippen molar-refractivity contribution in [2.75, 3.05) is 50.8 Å². The molecule has 2 aliphatic heterocycles. The van der Waals surface area contributed by atoms with Crippen molar-refractivity contribution in [1.82, 2.24) is 25.0 Å². The highest BCUT2D eigenvalue weighted by Gasteiger charge is 2.51. The molecule has 9 heteroatoms. The molecule has 0 radical (unpaired) electrons. The maximum atomic E-state index is 11.9. The van der Waals surface area contributed by atoms with Gasteiger partial charge in [-0.25, -0.2) is 9.78 Å². The van der Waals surface area contributed by atoms with Gasteiger partial charge in [0.15, 0.2) is 5.01 Å². The van der Waals surface area contributed by atoms with Crippen molar-refractivity contribution in [3.63, 3.8) is 0 Å². The molecule has 2 aromatic heterocycles. The smallest absolute Gasteiger partial charge is 0.409 e. The van der Waals surface area contributed by atoms with Gasteiger partial charge in [0.2, 0.25) is 0 Å². The molecule has 1 amide bonds. The fourth-order valence-corrected chi connectivity index (χ4v) is 6.17. The number of amides is 1. The largest absolute Gasteiger partial charge is 0.450 e. The van der Waals surface area contributed by atoms with Gasteiger partial charge in [-0.1, -0.05) is 11.3 Å². The summed E-state index contributed by atoms with van der Waals surface area (Å²) in [6, 6.07) is 2.67. The van der Waals surface area contributed by atoms with Crippen molar-refractivity contribution in [2.24, 2.45) is 5.41 Å². The molecule has 0 aromatic carbocycles. The second-order valence-corrected chi connectivity index (χ2v) is 9.88. The molecule has 3 fully saturated rings. The summed E-state index contributed by atoms with van der Waals surface area (Å²) in [6.07, 6.45) is 5.39. The fourth-order valence-electron chi connectivity index (χ4n) is 5.51. The minimum atomic E-state index is -0.151. The second-order valence-electron chi connectivity index (χ2n) is 9.04. The van der Waals surface area contributed by atoms with E-state index in [0.717, 1.165) is 55.7 Å². The molecule has 1 spiro atoms. The summed E-state index contributed by atoms with van der Waals surface area (Å²) in [7, 11) is 0. The van der Waals surface area contributed by atoms with E-state index in [0.29, 0.717) is 18.1 Å². The van der Waals surface area contributed by atoms with E-state index >= 15 is 0 Å². The summed E-state index contributed by atoms with van der Waals surface area (Å²) in [6.45, 7) is 10.2. The SMILES string of the molecule is CCOC(=O)N1CC2(CCC(N3CCN(c4nccc(C)c4-c4nncs4)CC3)C2)C1. The van der Waals surface area contributed by atoms with Gasteiger partial charge in [0.25, 0.3) is 0 Å². The lowest BCUT2D eigenvalue weighted by Gasteiger charge is -2.48. The van der Waals surface area contributed by atoms with Crippen molar-refractivity contribution >= 4 is 23.2 Å². The van der Waals surface area contributed by atoms with Gasteiger partial charge in [-0.05, 0) is 44.7 Å². The molecule has 1 unspecified atom stereocenters. The average Bonchev–Trinajstić information content (AvgIpc) is 3.43. The van der Waals surface area contributed by atoms with Crippen LogP contribution in [-0.2, 0) is 4.74 Å². The molecule has 3 aliphatic rings. The first-order valence-corrected chi connectivity index (χ1v) is 12.1. The Morgan fingerprint density at radius 3 is 2.81 bits per heavy atom. The minimum absolute atomic E-state index is 0.151. The lowest BCUT2D eigenvalue weighted by atomic mass is 9.78. The maximum absolute atomic E-state index is 11.9. The number of hydrogen-bond acceptors (Lipinski definition) is 8. The summed E-state index contributed by atoms with van der Waals surface area (Å²) < 4.78 is 5.15. The van der Waals surface area contributed by atoms with Gasteiger partial charge in [0.1, 0.15) is 11.3 Å². The zero-order valence-corrected chi connectivity index (χ0v) is 19.1. The first-order valence-electron chi connectivity index (χ1n) is 11.2. The number of likely N-dealkylation sites (tertiary alicyclic amines) is 1. The highest BCUT2D eigenvalue weighted by molar-refractivity contribution is 7.12. The molecule has 8 nitrogen and oxygen atoms in total. The van der Waals surface area contributed by atoms with Crippen molar-refractivity contribution in [2.45, 2.75) is 39.2 Å². The molecule has 166 valence electrons. The Bertz CT molecular complexity index is 922. The fraction of sp³-hybridized carbons (Fsp3) is 0.636. The quantitative estimate of drug-likeness (QED) is 0.720. The number of carbonyl (C=O) groups excluding carboxylic acids is 1. The predicted octanol–water partition coefficient (Wildman–Crippen LogP) is 3.04. The van der Waals surface area contributed by atoms with Crippen LogP contribution in [0.15, 0.2) is 17.8 Å². The highest BCUT2D eigenvalue weighted by Crippen LogP contribution is 2.47. The van der Waals surface area contributed by atoms with Gasteiger partial charge in [0, 0.05) is 56.9 Å². The Morgan fingerprint density at radius 2 is 2.10 bits per heavy atom. The third kappa shape index (κ3) is 3.89. The zero-order valence-electron chi connectivity index (χ0n) is 18.3. The maximum Gasteiger partial charge on any atom is 0.409 e. The van der Waals surface area contributed by atoms with E-state index in [-0.39, 0.29) is 6.09 Å². The Labute approximate surface area is 187 Å². The normalized spacial score (nSPS) is 23.2. The Balaban J connectivity index is 1.19. The van der Waals surface area contributed by atoms with Gasteiger partial charge in [-0.15, -0.1) is 10.2 Å². The summed E-state index contributed by atoms with van der Waals surface area (Å²) in [5, 5.41) is 9.26. The van der Waals surface area contributed by atoms with Gasteiger partial charge >= 0.3 is 6.09 Å². The molecule has 0 bridgehead atoms. The molecule has 0 N–H and O–H groups in total. The van der Waals surface area contributed by atoms with Crippen molar-refractivity contribution in [3.8, 4) is 10.6 Å². The van der Waals surface area contributed by atoms with Gasteiger partial charge in [0.05, 0.1) is 12.2 Å². The molecular weight excluding hydrogens is 412 g/mol. The number of aryl methyl sites for hydroxylation is 1. The number of carbonyl (C=O) groups is 1. The first-order chi connectivity index (χ1) is 15.1.